The molecule has 3 aromatic rings. The molecule has 0 radical (unpaired) electrons. The van der Waals surface area contributed by atoms with E-state index in [1.165, 1.54) is 5.56 Å². The second-order valence-electron chi connectivity index (χ2n) is 9.14. The van der Waals surface area contributed by atoms with Gasteiger partial charge in [-0.25, -0.2) is 4.98 Å². The lowest BCUT2D eigenvalue weighted by Gasteiger charge is -2.62. The van der Waals surface area contributed by atoms with Crippen molar-refractivity contribution in [2.45, 2.75) is 44.6 Å². The van der Waals surface area contributed by atoms with Crippen LogP contribution in [0.1, 0.15) is 55.1 Å². The van der Waals surface area contributed by atoms with E-state index in [2.05, 4.69) is 53.0 Å². The molecule has 150 valence electrons. The summed E-state index contributed by atoms with van der Waals surface area (Å²) in [7, 11) is 3.59. The largest absolute Gasteiger partial charge is 0.343 e. The van der Waals surface area contributed by atoms with Gasteiger partial charge in [-0.15, -0.1) is 0 Å². The Morgan fingerprint density at radius 1 is 1.21 bits per heavy atom. The van der Waals surface area contributed by atoms with E-state index in [9.17, 15) is 4.79 Å². The summed E-state index contributed by atoms with van der Waals surface area (Å²) in [5, 5.41) is 4.24. The molecule has 0 unspecified atom stereocenters. The number of hydrogen-bond acceptors (Lipinski definition) is 4. The molecule has 2 aromatic heterocycles. The van der Waals surface area contributed by atoms with Gasteiger partial charge in [-0.1, -0.05) is 26.0 Å². The highest BCUT2D eigenvalue weighted by atomic mass is 16.2. The molecule has 6 nitrogen and oxygen atoms in total. The summed E-state index contributed by atoms with van der Waals surface area (Å²) in [6.45, 7) is 4.37. The third kappa shape index (κ3) is 2.81. The van der Waals surface area contributed by atoms with Crippen LogP contribution < -0.4 is 5.32 Å². The minimum Gasteiger partial charge on any atom is -0.343 e. The number of nitrogens with zero attached hydrogens (tertiary/aromatic N) is 4. The maximum atomic E-state index is 12.8. The van der Waals surface area contributed by atoms with E-state index in [1.54, 1.807) is 19.0 Å². The van der Waals surface area contributed by atoms with Gasteiger partial charge in [0.15, 0.2) is 0 Å². The van der Waals surface area contributed by atoms with Gasteiger partial charge in [0.05, 0.1) is 0 Å². The first kappa shape index (κ1) is 18.2. The van der Waals surface area contributed by atoms with E-state index in [4.69, 9.17) is 4.98 Å². The second-order valence-corrected chi connectivity index (χ2v) is 9.14. The number of benzene rings is 1. The van der Waals surface area contributed by atoms with Gasteiger partial charge in [0.25, 0.3) is 5.91 Å². The Morgan fingerprint density at radius 3 is 2.45 bits per heavy atom. The Balaban J connectivity index is 1.54. The zero-order valence-corrected chi connectivity index (χ0v) is 17.4. The molecule has 3 fully saturated rings. The van der Waals surface area contributed by atoms with Crippen LogP contribution in [0.5, 0.6) is 0 Å². The summed E-state index contributed by atoms with van der Waals surface area (Å²) < 4.78 is 2.19. The summed E-state index contributed by atoms with van der Waals surface area (Å²) in [6.07, 6.45) is 5.26. The SMILES string of the molecule is CC(C)c1ccc(Nc2ncc3cc(C(=O)N(C)C)n(C45CC(C4)C5)c3n2)cc1. The standard InChI is InChI=1S/C23H27N5O/c1-14(2)16-5-7-18(8-6-16)25-22-24-13-17-9-19(21(29)27(3)4)28(20(17)26-22)23-10-15(11-23)12-23/h5-9,13-15H,10-12H2,1-4H3,(H,24,25,26). The molecular weight excluding hydrogens is 362 g/mol. The first-order valence-electron chi connectivity index (χ1n) is 10.3. The number of anilines is 2. The van der Waals surface area contributed by atoms with Crippen molar-refractivity contribution in [1.82, 2.24) is 19.4 Å². The predicted molar refractivity (Wildman–Crippen MR) is 115 cm³/mol. The number of amides is 1. The van der Waals surface area contributed by atoms with Crippen molar-refractivity contribution < 1.29 is 4.79 Å². The van der Waals surface area contributed by atoms with Gasteiger partial charge in [-0.2, -0.15) is 4.98 Å². The van der Waals surface area contributed by atoms with Crippen LogP contribution in [0.15, 0.2) is 36.5 Å². The molecular formula is C23H27N5O. The minimum atomic E-state index is 0.0199. The van der Waals surface area contributed by atoms with Crippen molar-refractivity contribution in [3.8, 4) is 0 Å². The molecule has 1 N–H and O–H groups in total. The van der Waals surface area contributed by atoms with Crippen LogP contribution in [-0.2, 0) is 5.54 Å². The molecule has 3 saturated carbocycles. The van der Waals surface area contributed by atoms with Crippen LogP contribution in [0.4, 0.5) is 11.6 Å². The first-order chi connectivity index (χ1) is 13.9. The molecule has 6 rings (SSSR count). The van der Waals surface area contributed by atoms with Crippen LogP contribution in [-0.4, -0.2) is 39.4 Å². The molecule has 0 atom stereocenters. The normalized spacial score (nSPS) is 22.3. The van der Waals surface area contributed by atoms with Crippen LogP contribution in [0.2, 0.25) is 0 Å². The number of hydrogen-bond donors (Lipinski definition) is 1. The fourth-order valence-electron chi connectivity index (χ4n) is 4.70. The number of aromatic nitrogens is 3. The fraction of sp³-hybridized carbons (Fsp3) is 0.435. The molecule has 0 aliphatic heterocycles. The van der Waals surface area contributed by atoms with Gasteiger partial charge in [0, 0.05) is 36.9 Å². The Morgan fingerprint density at radius 2 is 1.90 bits per heavy atom. The highest BCUT2D eigenvalue weighted by Crippen LogP contribution is 2.63. The fourth-order valence-corrected chi connectivity index (χ4v) is 4.70. The molecule has 29 heavy (non-hydrogen) atoms. The van der Waals surface area contributed by atoms with E-state index in [-0.39, 0.29) is 11.4 Å². The van der Waals surface area contributed by atoms with E-state index < -0.39 is 0 Å². The minimum absolute atomic E-state index is 0.0199. The van der Waals surface area contributed by atoms with E-state index in [1.807, 2.05) is 12.3 Å². The van der Waals surface area contributed by atoms with Crippen molar-refractivity contribution in [2.24, 2.45) is 5.92 Å². The maximum Gasteiger partial charge on any atom is 0.270 e. The topological polar surface area (TPSA) is 63.1 Å². The van der Waals surface area contributed by atoms with Gasteiger partial charge in [-0.3, -0.25) is 4.79 Å². The Hall–Kier alpha value is -2.89. The lowest BCUT2D eigenvalue weighted by Crippen LogP contribution is -2.60. The van der Waals surface area contributed by atoms with Crippen molar-refractivity contribution in [2.75, 3.05) is 19.4 Å². The van der Waals surface area contributed by atoms with E-state index >= 15 is 0 Å². The van der Waals surface area contributed by atoms with Crippen molar-refractivity contribution in [3.63, 3.8) is 0 Å². The Kier molecular flexibility index (Phi) is 3.95. The number of carbonyl (C=O) groups excluding carboxylic acids is 1. The van der Waals surface area contributed by atoms with E-state index in [0.717, 1.165) is 47.6 Å². The quantitative estimate of drug-likeness (QED) is 0.697. The lowest BCUT2D eigenvalue weighted by atomic mass is 9.49. The monoisotopic (exact) mass is 389 g/mol. The second kappa shape index (κ2) is 6.31. The average molecular weight is 390 g/mol. The molecule has 2 heterocycles. The third-order valence-corrected chi connectivity index (χ3v) is 6.48. The van der Waals surface area contributed by atoms with Crippen LogP contribution in [0.25, 0.3) is 11.0 Å². The smallest absolute Gasteiger partial charge is 0.270 e. The van der Waals surface area contributed by atoms with E-state index in [0.29, 0.717) is 11.9 Å². The molecule has 0 saturated heterocycles. The number of fused-ring (bicyclic) bond motifs is 1. The van der Waals surface area contributed by atoms with Gasteiger partial charge in [-0.05, 0) is 54.9 Å². The molecule has 6 heteroatoms. The van der Waals surface area contributed by atoms with Crippen LogP contribution in [0.3, 0.4) is 0 Å². The Bertz CT molecular complexity index is 1080. The molecule has 2 bridgehead atoms. The van der Waals surface area contributed by atoms with Gasteiger partial charge < -0.3 is 14.8 Å². The molecule has 3 aliphatic rings. The van der Waals surface area contributed by atoms with Crippen molar-refractivity contribution >= 4 is 28.6 Å². The highest BCUT2D eigenvalue weighted by molar-refractivity contribution is 5.98. The summed E-state index contributed by atoms with van der Waals surface area (Å²) in [5.74, 6) is 1.89. The molecule has 1 aromatic carbocycles. The van der Waals surface area contributed by atoms with Crippen molar-refractivity contribution in [3.05, 3.63) is 47.8 Å². The number of nitrogens with one attached hydrogen (secondary N) is 1. The van der Waals surface area contributed by atoms with Crippen LogP contribution >= 0.6 is 0 Å². The summed E-state index contributed by atoms with van der Waals surface area (Å²) in [5.41, 5.74) is 3.90. The zero-order chi connectivity index (χ0) is 20.3. The molecule has 1 amide bonds. The van der Waals surface area contributed by atoms with Crippen molar-refractivity contribution in [1.29, 1.82) is 0 Å². The van der Waals surface area contributed by atoms with Crippen LogP contribution in [0, 0.1) is 5.92 Å². The van der Waals surface area contributed by atoms with Gasteiger partial charge >= 0.3 is 0 Å². The molecule has 0 spiro atoms. The zero-order valence-electron chi connectivity index (χ0n) is 17.4. The predicted octanol–water partition coefficient (Wildman–Crippen LogP) is 4.51. The summed E-state index contributed by atoms with van der Waals surface area (Å²) >= 11 is 0. The lowest BCUT2D eigenvalue weighted by molar-refractivity contribution is -0.0870. The number of rotatable bonds is 5. The van der Waals surface area contributed by atoms with Gasteiger partial charge in [0.2, 0.25) is 5.95 Å². The number of carbonyl (C=O) groups is 1. The summed E-state index contributed by atoms with van der Waals surface area (Å²) in [6, 6.07) is 10.3. The third-order valence-electron chi connectivity index (χ3n) is 6.48. The molecule has 3 aliphatic carbocycles. The highest BCUT2D eigenvalue weighted by Gasteiger charge is 2.59. The first-order valence-corrected chi connectivity index (χ1v) is 10.3. The average Bonchev–Trinajstić information content (AvgIpc) is 2.98. The summed E-state index contributed by atoms with van der Waals surface area (Å²) in [4.78, 5) is 23.8. The Labute approximate surface area is 171 Å². The van der Waals surface area contributed by atoms with Gasteiger partial charge in [0.1, 0.15) is 11.3 Å². The maximum absolute atomic E-state index is 12.8.